The Morgan fingerprint density at radius 2 is 1.75 bits per heavy atom. The molecule has 1 aromatic rings. The Balaban J connectivity index is 1.95. The van der Waals surface area contributed by atoms with Gasteiger partial charge < -0.3 is 5.11 Å². The molecule has 1 aliphatic carbocycles. The summed E-state index contributed by atoms with van der Waals surface area (Å²) >= 11 is 0. The van der Waals surface area contributed by atoms with Gasteiger partial charge >= 0.3 is 0 Å². The van der Waals surface area contributed by atoms with E-state index in [4.69, 9.17) is 0 Å². The van der Waals surface area contributed by atoms with Crippen molar-refractivity contribution >= 4 is 0 Å². The number of hydrogen-bond donors (Lipinski definition) is 1. The predicted octanol–water partition coefficient (Wildman–Crippen LogP) is 3.34. The van der Waals surface area contributed by atoms with E-state index in [1.807, 2.05) is 6.92 Å². The monoisotopic (exact) mass is 218 g/mol. The summed E-state index contributed by atoms with van der Waals surface area (Å²) in [4.78, 5) is 0. The van der Waals surface area contributed by atoms with E-state index in [2.05, 4.69) is 31.2 Å². The predicted molar refractivity (Wildman–Crippen MR) is 67.5 cm³/mol. The highest BCUT2D eigenvalue weighted by Crippen LogP contribution is 2.37. The Labute approximate surface area is 98.5 Å². The zero-order chi connectivity index (χ0) is 11.6. The fraction of sp³-hybridized carbons (Fsp3) is 0.600. The van der Waals surface area contributed by atoms with Gasteiger partial charge in [-0.15, -0.1) is 0 Å². The van der Waals surface area contributed by atoms with Gasteiger partial charge in [0.15, 0.2) is 0 Å². The molecule has 16 heavy (non-hydrogen) atoms. The maximum Gasteiger partial charge on any atom is 0.0662 e. The highest BCUT2D eigenvalue weighted by molar-refractivity contribution is 5.23. The molecule has 1 fully saturated rings. The first-order valence-electron chi connectivity index (χ1n) is 6.39. The SMILES string of the molecule is CCc1ccc(CC(C)(O)CC2CC2)cc1. The molecule has 1 unspecified atom stereocenters. The molecule has 1 aliphatic rings. The van der Waals surface area contributed by atoms with Crippen molar-refractivity contribution in [2.75, 3.05) is 0 Å². The normalized spacial score (nSPS) is 19.4. The topological polar surface area (TPSA) is 20.2 Å². The molecule has 1 heteroatoms. The third kappa shape index (κ3) is 3.34. The van der Waals surface area contributed by atoms with E-state index in [0.29, 0.717) is 0 Å². The van der Waals surface area contributed by atoms with Crippen molar-refractivity contribution in [3.63, 3.8) is 0 Å². The van der Waals surface area contributed by atoms with Crippen LogP contribution in [0.15, 0.2) is 24.3 Å². The average molecular weight is 218 g/mol. The minimum absolute atomic E-state index is 0.519. The Kier molecular flexibility index (Phi) is 3.34. The lowest BCUT2D eigenvalue weighted by Gasteiger charge is -2.23. The molecule has 0 aliphatic heterocycles. The van der Waals surface area contributed by atoms with Crippen LogP contribution < -0.4 is 0 Å². The van der Waals surface area contributed by atoms with Gasteiger partial charge in [0.05, 0.1) is 5.60 Å². The first kappa shape index (κ1) is 11.7. The van der Waals surface area contributed by atoms with Crippen molar-refractivity contribution in [3.8, 4) is 0 Å². The van der Waals surface area contributed by atoms with Crippen LogP contribution in [0, 0.1) is 5.92 Å². The molecule has 88 valence electrons. The molecule has 0 radical (unpaired) electrons. The van der Waals surface area contributed by atoms with Crippen molar-refractivity contribution in [2.24, 2.45) is 5.92 Å². The third-order valence-electron chi connectivity index (χ3n) is 3.44. The van der Waals surface area contributed by atoms with Gasteiger partial charge in [0, 0.05) is 6.42 Å². The van der Waals surface area contributed by atoms with Gasteiger partial charge in [-0.25, -0.2) is 0 Å². The van der Waals surface area contributed by atoms with E-state index in [0.717, 1.165) is 25.2 Å². The summed E-state index contributed by atoms with van der Waals surface area (Å²) in [5, 5.41) is 10.3. The zero-order valence-corrected chi connectivity index (χ0v) is 10.4. The molecule has 1 saturated carbocycles. The molecule has 0 saturated heterocycles. The lowest BCUT2D eigenvalue weighted by molar-refractivity contribution is 0.0455. The van der Waals surface area contributed by atoms with Crippen LogP contribution in [0.2, 0.25) is 0 Å². The molecule has 0 heterocycles. The molecule has 0 spiro atoms. The minimum atomic E-state index is -0.519. The highest BCUT2D eigenvalue weighted by atomic mass is 16.3. The fourth-order valence-corrected chi connectivity index (χ4v) is 2.35. The second-order valence-electron chi connectivity index (χ2n) is 5.49. The quantitative estimate of drug-likeness (QED) is 0.803. The van der Waals surface area contributed by atoms with Crippen molar-refractivity contribution < 1.29 is 5.11 Å². The highest BCUT2D eigenvalue weighted by Gasteiger charge is 2.31. The van der Waals surface area contributed by atoms with Gasteiger partial charge in [-0.2, -0.15) is 0 Å². The zero-order valence-electron chi connectivity index (χ0n) is 10.4. The summed E-state index contributed by atoms with van der Waals surface area (Å²) in [5.74, 6) is 0.782. The van der Waals surface area contributed by atoms with Crippen molar-refractivity contribution in [1.29, 1.82) is 0 Å². The first-order valence-corrected chi connectivity index (χ1v) is 6.39. The molecule has 1 N–H and O–H groups in total. The number of aryl methyl sites for hydroxylation is 1. The molecule has 0 amide bonds. The lowest BCUT2D eigenvalue weighted by Crippen LogP contribution is -2.27. The van der Waals surface area contributed by atoms with E-state index >= 15 is 0 Å². The molecule has 1 nitrogen and oxygen atoms in total. The second-order valence-corrected chi connectivity index (χ2v) is 5.49. The van der Waals surface area contributed by atoms with Gasteiger partial charge in [0.25, 0.3) is 0 Å². The van der Waals surface area contributed by atoms with Crippen LogP contribution in [0.25, 0.3) is 0 Å². The van der Waals surface area contributed by atoms with Crippen molar-refractivity contribution in [1.82, 2.24) is 0 Å². The number of rotatable bonds is 5. The summed E-state index contributed by atoms with van der Waals surface area (Å²) in [7, 11) is 0. The van der Waals surface area contributed by atoms with Gasteiger partial charge in [0.1, 0.15) is 0 Å². The second kappa shape index (κ2) is 4.58. The van der Waals surface area contributed by atoms with Crippen LogP contribution in [0.5, 0.6) is 0 Å². The number of hydrogen-bond acceptors (Lipinski definition) is 1. The number of aliphatic hydroxyl groups is 1. The lowest BCUT2D eigenvalue weighted by atomic mass is 9.91. The maximum absolute atomic E-state index is 10.3. The van der Waals surface area contributed by atoms with Crippen LogP contribution in [0.4, 0.5) is 0 Å². The summed E-state index contributed by atoms with van der Waals surface area (Å²) in [6.07, 6.45) is 5.45. The van der Waals surface area contributed by atoms with Crippen LogP contribution in [0.3, 0.4) is 0 Å². The van der Waals surface area contributed by atoms with E-state index in [1.54, 1.807) is 0 Å². The Hall–Kier alpha value is -0.820. The van der Waals surface area contributed by atoms with Crippen LogP contribution in [-0.4, -0.2) is 10.7 Å². The van der Waals surface area contributed by atoms with Gasteiger partial charge in [0.2, 0.25) is 0 Å². The van der Waals surface area contributed by atoms with Gasteiger partial charge in [-0.1, -0.05) is 44.0 Å². The average Bonchev–Trinajstić information content (AvgIpc) is 3.01. The van der Waals surface area contributed by atoms with Crippen LogP contribution >= 0.6 is 0 Å². The molecule has 1 aromatic carbocycles. The molecule has 1 atom stereocenters. The molecular formula is C15H22O. The maximum atomic E-state index is 10.3. The van der Waals surface area contributed by atoms with E-state index in [9.17, 15) is 5.11 Å². The Bertz CT molecular complexity index is 333. The van der Waals surface area contributed by atoms with E-state index in [1.165, 1.54) is 24.0 Å². The first-order chi connectivity index (χ1) is 7.59. The van der Waals surface area contributed by atoms with Crippen LogP contribution in [0.1, 0.15) is 44.2 Å². The van der Waals surface area contributed by atoms with Gasteiger partial charge in [-0.3, -0.25) is 0 Å². The molecule has 2 rings (SSSR count). The summed E-state index contributed by atoms with van der Waals surface area (Å²) < 4.78 is 0. The summed E-state index contributed by atoms with van der Waals surface area (Å²) in [5.41, 5.74) is 2.10. The molecular weight excluding hydrogens is 196 g/mol. The van der Waals surface area contributed by atoms with Crippen molar-refractivity contribution in [2.45, 2.75) is 51.6 Å². The molecule has 0 bridgehead atoms. The largest absolute Gasteiger partial charge is 0.390 e. The Morgan fingerprint density at radius 1 is 1.19 bits per heavy atom. The van der Waals surface area contributed by atoms with E-state index in [-0.39, 0.29) is 0 Å². The minimum Gasteiger partial charge on any atom is -0.390 e. The van der Waals surface area contributed by atoms with E-state index < -0.39 is 5.60 Å². The fourth-order valence-electron chi connectivity index (χ4n) is 2.35. The molecule has 0 aromatic heterocycles. The van der Waals surface area contributed by atoms with Gasteiger partial charge in [-0.05, 0) is 36.8 Å². The number of benzene rings is 1. The Morgan fingerprint density at radius 3 is 2.25 bits per heavy atom. The smallest absolute Gasteiger partial charge is 0.0662 e. The third-order valence-corrected chi connectivity index (χ3v) is 3.44. The summed E-state index contributed by atoms with van der Waals surface area (Å²) in [6, 6.07) is 8.64. The summed E-state index contributed by atoms with van der Waals surface area (Å²) in [6.45, 7) is 4.14. The standard InChI is InChI=1S/C15H22O/c1-3-12-4-6-13(7-5-12)10-15(2,16)11-14-8-9-14/h4-7,14,16H,3,8-11H2,1-2H3. The van der Waals surface area contributed by atoms with Crippen molar-refractivity contribution in [3.05, 3.63) is 35.4 Å². The van der Waals surface area contributed by atoms with Crippen LogP contribution in [-0.2, 0) is 12.8 Å².